The quantitative estimate of drug-likeness (QED) is 0.795. The molecule has 0 bridgehead atoms. The smallest absolute Gasteiger partial charge is 0.336 e. The summed E-state index contributed by atoms with van der Waals surface area (Å²) in [4.78, 5) is 15.5. The van der Waals surface area contributed by atoms with Crippen molar-refractivity contribution in [1.29, 1.82) is 0 Å². The number of hydrogen-bond donors (Lipinski definition) is 1. The Morgan fingerprint density at radius 2 is 1.95 bits per heavy atom. The van der Waals surface area contributed by atoms with Crippen molar-refractivity contribution < 1.29 is 14.4 Å². The van der Waals surface area contributed by atoms with Crippen LogP contribution in [0.4, 0.5) is 0 Å². The monoisotopic (exact) mass is 280 g/mol. The van der Waals surface area contributed by atoms with Crippen LogP contribution in [0.5, 0.6) is 0 Å². The van der Waals surface area contributed by atoms with E-state index in [4.69, 9.17) is 4.52 Å². The van der Waals surface area contributed by atoms with Gasteiger partial charge in [0, 0.05) is 5.56 Å². The lowest BCUT2D eigenvalue weighted by Crippen LogP contribution is -1.99. The summed E-state index contributed by atoms with van der Waals surface area (Å²) in [7, 11) is 0. The van der Waals surface area contributed by atoms with E-state index in [0.717, 1.165) is 11.1 Å². The van der Waals surface area contributed by atoms with Crippen molar-refractivity contribution in [3.63, 3.8) is 0 Å². The Kier molecular flexibility index (Phi) is 3.23. The molecule has 1 N–H and O–H groups in total. The van der Waals surface area contributed by atoms with Gasteiger partial charge in [0.2, 0.25) is 5.82 Å². The molecule has 5 nitrogen and oxygen atoms in total. The van der Waals surface area contributed by atoms with Crippen molar-refractivity contribution in [2.45, 2.75) is 6.92 Å². The van der Waals surface area contributed by atoms with Gasteiger partial charge >= 0.3 is 5.97 Å². The van der Waals surface area contributed by atoms with Gasteiger partial charge in [-0.3, -0.25) is 0 Å². The molecule has 5 heteroatoms. The second kappa shape index (κ2) is 5.20. The molecule has 0 fully saturated rings. The van der Waals surface area contributed by atoms with E-state index >= 15 is 0 Å². The molecule has 0 aliphatic heterocycles. The highest BCUT2D eigenvalue weighted by Crippen LogP contribution is 2.25. The third-order valence-corrected chi connectivity index (χ3v) is 3.09. The molecule has 2 aromatic carbocycles. The van der Waals surface area contributed by atoms with Crippen LogP contribution in [-0.4, -0.2) is 21.2 Å². The highest BCUT2D eigenvalue weighted by atomic mass is 16.5. The molecule has 0 atom stereocenters. The Balaban J connectivity index is 2.05. The summed E-state index contributed by atoms with van der Waals surface area (Å²) in [5.74, 6) is -0.390. The zero-order chi connectivity index (χ0) is 14.8. The van der Waals surface area contributed by atoms with E-state index in [1.165, 1.54) is 6.07 Å². The fraction of sp³-hybridized carbons (Fsp3) is 0.0625. The molecular weight excluding hydrogens is 268 g/mol. The van der Waals surface area contributed by atoms with E-state index < -0.39 is 5.97 Å². The first-order valence-electron chi connectivity index (χ1n) is 6.38. The summed E-state index contributed by atoms with van der Waals surface area (Å²) in [6, 6.07) is 14.3. The lowest BCUT2D eigenvalue weighted by Gasteiger charge is -1.99. The molecule has 104 valence electrons. The summed E-state index contributed by atoms with van der Waals surface area (Å²) < 4.78 is 5.21. The SMILES string of the molecule is Cc1cccc(-c2noc(-c3ccccc3C(=O)O)n2)c1. The third kappa shape index (κ3) is 2.53. The van der Waals surface area contributed by atoms with E-state index in [2.05, 4.69) is 10.1 Å². The topological polar surface area (TPSA) is 76.2 Å². The van der Waals surface area contributed by atoms with E-state index in [-0.39, 0.29) is 11.5 Å². The number of rotatable bonds is 3. The number of carbonyl (C=O) groups is 1. The Morgan fingerprint density at radius 1 is 1.14 bits per heavy atom. The second-order valence-corrected chi connectivity index (χ2v) is 4.64. The van der Waals surface area contributed by atoms with Gasteiger partial charge in [0.05, 0.1) is 11.1 Å². The van der Waals surface area contributed by atoms with Gasteiger partial charge in [-0.25, -0.2) is 4.79 Å². The van der Waals surface area contributed by atoms with Gasteiger partial charge in [-0.2, -0.15) is 4.98 Å². The average molecular weight is 280 g/mol. The van der Waals surface area contributed by atoms with E-state index in [9.17, 15) is 9.90 Å². The summed E-state index contributed by atoms with van der Waals surface area (Å²) in [5.41, 5.74) is 2.47. The fourth-order valence-electron chi connectivity index (χ4n) is 2.09. The maximum Gasteiger partial charge on any atom is 0.336 e. The molecule has 0 unspecified atom stereocenters. The number of aromatic nitrogens is 2. The van der Waals surface area contributed by atoms with Gasteiger partial charge in [-0.05, 0) is 25.1 Å². The number of aryl methyl sites for hydroxylation is 1. The Hall–Kier alpha value is -2.95. The molecule has 0 radical (unpaired) electrons. The number of benzene rings is 2. The first-order valence-corrected chi connectivity index (χ1v) is 6.38. The number of hydrogen-bond acceptors (Lipinski definition) is 4. The highest BCUT2D eigenvalue weighted by molar-refractivity contribution is 5.94. The van der Waals surface area contributed by atoms with Gasteiger partial charge in [0.1, 0.15) is 0 Å². The number of aromatic carboxylic acids is 1. The zero-order valence-corrected chi connectivity index (χ0v) is 11.3. The average Bonchev–Trinajstić information content (AvgIpc) is 2.97. The molecule has 1 aromatic heterocycles. The van der Waals surface area contributed by atoms with Gasteiger partial charge in [-0.15, -0.1) is 0 Å². The van der Waals surface area contributed by atoms with Crippen LogP contribution in [0.25, 0.3) is 22.8 Å². The number of nitrogens with zero attached hydrogens (tertiary/aromatic N) is 2. The molecule has 0 aliphatic carbocycles. The summed E-state index contributed by atoms with van der Waals surface area (Å²) in [5, 5.41) is 13.1. The molecular formula is C16H12N2O3. The van der Waals surface area contributed by atoms with Gasteiger partial charge in [0.15, 0.2) is 0 Å². The summed E-state index contributed by atoms with van der Waals surface area (Å²) >= 11 is 0. The first-order chi connectivity index (χ1) is 10.1. The summed E-state index contributed by atoms with van der Waals surface area (Å²) in [6.45, 7) is 1.98. The molecule has 0 amide bonds. The molecule has 21 heavy (non-hydrogen) atoms. The minimum atomic E-state index is -1.03. The maximum atomic E-state index is 11.2. The predicted octanol–water partition coefficient (Wildman–Crippen LogP) is 3.41. The fourth-order valence-corrected chi connectivity index (χ4v) is 2.09. The molecule has 3 rings (SSSR count). The molecule has 0 aliphatic rings. The van der Waals surface area contributed by atoms with Crippen molar-refractivity contribution in [3.8, 4) is 22.8 Å². The van der Waals surface area contributed by atoms with Crippen molar-refractivity contribution in [2.24, 2.45) is 0 Å². The van der Waals surface area contributed by atoms with Gasteiger partial charge in [-0.1, -0.05) is 41.1 Å². The van der Waals surface area contributed by atoms with Crippen LogP contribution in [0, 0.1) is 6.92 Å². The third-order valence-electron chi connectivity index (χ3n) is 3.09. The normalized spacial score (nSPS) is 10.5. The first kappa shape index (κ1) is 13.1. The van der Waals surface area contributed by atoms with E-state index in [0.29, 0.717) is 11.4 Å². The standard InChI is InChI=1S/C16H12N2O3/c1-10-5-4-6-11(9-10)14-17-15(21-18-14)12-7-2-3-8-13(12)16(19)20/h2-9H,1H3,(H,19,20). The van der Waals surface area contributed by atoms with Gasteiger partial charge in [0.25, 0.3) is 5.89 Å². The van der Waals surface area contributed by atoms with E-state index in [1.807, 2.05) is 31.2 Å². The van der Waals surface area contributed by atoms with Crippen LogP contribution >= 0.6 is 0 Å². The minimum Gasteiger partial charge on any atom is -0.478 e. The number of carboxylic acids is 1. The van der Waals surface area contributed by atoms with Crippen molar-refractivity contribution in [2.75, 3.05) is 0 Å². The molecule has 0 spiro atoms. The molecule has 3 aromatic rings. The van der Waals surface area contributed by atoms with Crippen molar-refractivity contribution in [3.05, 3.63) is 59.7 Å². The molecule has 1 heterocycles. The highest BCUT2D eigenvalue weighted by Gasteiger charge is 2.17. The van der Waals surface area contributed by atoms with Crippen LogP contribution in [0.2, 0.25) is 0 Å². The lowest BCUT2D eigenvalue weighted by molar-refractivity contribution is 0.0697. The maximum absolute atomic E-state index is 11.2. The second-order valence-electron chi connectivity index (χ2n) is 4.64. The minimum absolute atomic E-state index is 0.136. The van der Waals surface area contributed by atoms with Crippen LogP contribution in [0.15, 0.2) is 53.1 Å². The zero-order valence-electron chi connectivity index (χ0n) is 11.3. The van der Waals surface area contributed by atoms with Crippen LogP contribution < -0.4 is 0 Å². The largest absolute Gasteiger partial charge is 0.478 e. The molecule has 0 saturated carbocycles. The lowest BCUT2D eigenvalue weighted by atomic mass is 10.1. The Bertz CT molecular complexity index is 809. The van der Waals surface area contributed by atoms with Crippen LogP contribution in [0.1, 0.15) is 15.9 Å². The van der Waals surface area contributed by atoms with Crippen molar-refractivity contribution >= 4 is 5.97 Å². The van der Waals surface area contributed by atoms with Crippen LogP contribution in [0.3, 0.4) is 0 Å². The predicted molar refractivity (Wildman–Crippen MR) is 76.9 cm³/mol. The van der Waals surface area contributed by atoms with Crippen LogP contribution in [-0.2, 0) is 0 Å². The van der Waals surface area contributed by atoms with E-state index in [1.54, 1.807) is 18.2 Å². The Labute approximate surface area is 120 Å². The van der Waals surface area contributed by atoms with Gasteiger partial charge < -0.3 is 9.63 Å². The number of carboxylic acid groups (broad SMARTS) is 1. The Morgan fingerprint density at radius 3 is 2.71 bits per heavy atom. The van der Waals surface area contributed by atoms with Crippen molar-refractivity contribution in [1.82, 2.24) is 10.1 Å². The summed E-state index contributed by atoms with van der Waals surface area (Å²) in [6.07, 6.45) is 0. The molecule has 0 saturated heterocycles.